The van der Waals surface area contributed by atoms with Crippen molar-refractivity contribution in [3.63, 3.8) is 0 Å². The molecule has 24 heavy (non-hydrogen) atoms. The van der Waals surface area contributed by atoms with Gasteiger partial charge in [0.2, 0.25) is 5.91 Å². The maximum atomic E-state index is 12.4. The Bertz CT molecular complexity index is 550. The molecule has 6 nitrogen and oxygen atoms in total. The number of likely N-dealkylation sites (N-methyl/N-ethyl adjacent to an activating group) is 1. The lowest BCUT2D eigenvalue weighted by Crippen LogP contribution is -2.47. The van der Waals surface area contributed by atoms with E-state index < -0.39 is 5.54 Å². The summed E-state index contributed by atoms with van der Waals surface area (Å²) in [5, 5.41) is 2.74. The van der Waals surface area contributed by atoms with Crippen LogP contribution in [0, 0.1) is 0 Å². The van der Waals surface area contributed by atoms with Crippen LogP contribution < -0.4 is 11.1 Å². The van der Waals surface area contributed by atoms with Crippen LogP contribution in [0.15, 0.2) is 24.3 Å². The molecule has 136 valence electrons. The van der Waals surface area contributed by atoms with Crippen molar-refractivity contribution in [2.75, 3.05) is 38.5 Å². The van der Waals surface area contributed by atoms with Gasteiger partial charge in [0.25, 0.3) is 5.91 Å². The molecule has 0 unspecified atom stereocenters. The fourth-order valence-electron chi connectivity index (χ4n) is 2.18. The second kappa shape index (κ2) is 9.22. The standard InChI is InChI=1S/C16H24N4O2.2ClH/c1-16(2,17)15(22)18-13-6-4-12(5-7-13)14(21)20-10-8-19(3)9-11-20;;/h4-7H,8-11,17H2,1-3H3,(H,18,22);2*1H. The molecule has 0 bridgehead atoms. The van der Waals surface area contributed by atoms with Crippen molar-refractivity contribution in [3.05, 3.63) is 29.8 Å². The zero-order chi connectivity index (χ0) is 16.3. The number of piperazine rings is 1. The van der Waals surface area contributed by atoms with Gasteiger partial charge in [0, 0.05) is 37.4 Å². The van der Waals surface area contributed by atoms with Gasteiger partial charge in [0.1, 0.15) is 0 Å². The molecule has 0 aliphatic carbocycles. The summed E-state index contributed by atoms with van der Waals surface area (Å²) >= 11 is 0. The highest BCUT2D eigenvalue weighted by molar-refractivity contribution is 5.98. The molecule has 2 rings (SSSR count). The lowest BCUT2D eigenvalue weighted by molar-refractivity contribution is -0.120. The second-order valence-electron chi connectivity index (χ2n) is 6.35. The van der Waals surface area contributed by atoms with E-state index in [1.165, 1.54) is 0 Å². The van der Waals surface area contributed by atoms with E-state index in [9.17, 15) is 9.59 Å². The van der Waals surface area contributed by atoms with E-state index in [1.807, 2.05) is 4.90 Å². The number of anilines is 1. The Balaban J connectivity index is 0.00000264. The number of halogens is 2. The molecule has 0 aromatic heterocycles. The molecule has 0 radical (unpaired) electrons. The number of hydrogen-bond acceptors (Lipinski definition) is 4. The SMILES string of the molecule is CN1CCN(C(=O)c2ccc(NC(=O)C(C)(C)N)cc2)CC1.Cl.Cl. The highest BCUT2D eigenvalue weighted by Crippen LogP contribution is 2.14. The molecule has 1 aromatic carbocycles. The number of nitrogens with zero attached hydrogens (tertiary/aromatic N) is 2. The Morgan fingerprint density at radius 3 is 2.00 bits per heavy atom. The Morgan fingerprint density at radius 2 is 1.54 bits per heavy atom. The van der Waals surface area contributed by atoms with Crippen LogP contribution in [-0.2, 0) is 4.79 Å². The van der Waals surface area contributed by atoms with Gasteiger partial charge in [0.05, 0.1) is 5.54 Å². The highest BCUT2D eigenvalue weighted by atomic mass is 35.5. The van der Waals surface area contributed by atoms with E-state index >= 15 is 0 Å². The normalized spacial score (nSPS) is 15.1. The molecule has 1 aromatic rings. The summed E-state index contributed by atoms with van der Waals surface area (Å²) in [7, 11) is 2.05. The third kappa shape index (κ3) is 5.94. The maximum absolute atomic E-state index is 12.4. The largest absolute Gasteiger partial charge is 0.336 e. The van der Waals surface area contributed by atoms with Gasteiger partial charge in [-0.05, 0) is 45.2 Å². The fourth-order valence-corrected chi connectivity index (χ4v) is 2.18. The summed E-state index contributed by atoms with van der Waals surface area (Å²) < 4.78 is 0. The zero-order valence-corrected chi connectivity index (χ0v) is 15.9. The molecule has 0 spiro atoms. The average Bonchev–Trinajstić information content (AvgIpc) is 2.47. The van der Waals surface area contributed by atoms with Crippen molar-refractivity contribution in [1.82, 2.24) is 9.80 Å². The summed E-state index contributed by atoms with van der Waals surface area (Å²) in [5.41, 5.74) is 6.07. The molecule has 1 heterocycles. The Hall–Kier alpha value is -1.34. The Labute approximate surface area is 155 Å². The van der Waals surface area contributed by atoms with Gasteiger partial charge in [-0.1, -0.05) is 0 Å². The van der Waals surface area contributed by atoms with Crippen LogP contribution >= 0.6 is 24.8 Å². The smallest absolute Gasteiger partial charge is 0.253 e. The van der Waals surface area contributed by atoms with E-state index in [2.05, 4.69) is 17.3 Å². The molecule has 0 saturated carbocycles. The van der Waals surface area contributed by atoms with E-state index in [0.29, 0.717) is 11.3 Å². The van der Waals surface area contributed by atoms with Gasteiger partial charge in [-0.15, -0.1) is 24.8 Å². The van der Waals surface area contributed by atoms with Crippen molar-refractivity contribution in [3.8, 4) is 0 Å². The summed E-state index contributed by atoms with van der Waals surface area (Å²) in [6.07, 6.45) is 0. The van der Waals surface area contributed by atoms with Crippen LogP contribution in [0.25, 0.3) is 0 Å². The number of rotatable bonds is 3. The third-order valence-corrected chi connectivity index (χ3v) is 3.77. The molecule has 2 amide bonds. The molecule has 1 fully saturated rings. The molecule has 8 heteroatoms. The minimum Gasteiger partial charge on any atom is -0.336 e. The van der Waals surface area contributed by atoms with Crippen molar-refractivity contribution >= 4 is 42.3 Å². The highest BCUT2D eigenvalue weighted by Gasteiger charge is 2.22. The summed E-state index contributed by atoms with van der Waals surface area (Å²) in [4.78, 5) is 28.3. The first-order valence-electron chi connectivity index (χ1n) is 7.45. The van der Waals surface area contributed by atoms with Gasteiger partial charge < -0.3 is 20.9 Å². The van der Waals surface area contributed by atoms with Crippen LogP contribution in [0.3, 0.4) is 0 Å². The number of carbonyl (C=O) groups excluding carboxylic acids is 2. The Morgan fingerprint density at radius 1 is 1.04 bits per heavy atom. The van der Waals surface area contributed by atoms with Crippen molar-refractivity contribution < 1.29 is 9.59 Å². The second-order valence-corrected chi connectivity index (χ2v) is 6.35. The van der Waals surface area contributed by atoms with Crippen LogP contribution in [0.2, 0.25) is 0 Å². The number of amides is 2. The third-order valence-electron chi connectivity index (χ3n) is 3.77. The van der Waals surface area contributed by atoms with Crippen molar-refractivity contribution in [2.45, 2.75) is 19.4 Å². The molecular formula is C16H26Cl2N4O2. The number of hydrogen-bond donors (Lipinski definition) is 2. The molecular weight excluding hydrogens is 351 g/mol. The van der Waals surface area contributed by atoms with Gasteiger partial charge in [-0.3, -0.25) is 9.59 Å². The Kier molecular flexibility index (Phi) is 8.71. The summed E-state index contributed by atoms with van der Waals surface area (Å²) in [5.74, 6) is -0.226. The molecule has 0 atom stereocenters. The lowest BCUT2D eigenvalue weighted by atomic mass is 10.1. The number of carbonyl (C=O) groups is 2. The van der Waals surface area contributed by atoms with Crippen LogP contribution in [-0.4, -0.2) is 60.4 Å². The number of nitrogens with two attached hydrogens (primary N) is 1. The van der Waals surface area contributed by atoms with Crippen LogP contribution in [0.1, 0.15) is 24.2 Å². The van der Waals surface area contributed by atoms with Gasteiger partial charge in [-0.25, -0.2) is 0 Å². The van der Waals surface area contributed by atoms with Crippen LogP contribution in [0.5, 0.6) is 0 Å². The fraction of sp³-hybridized carbons (Fsp3) is 0.500. The predicted molar refractivity (Wildman–Crippen MR) is 101 cm³/mol. The molecule has 1 aliphatic rings. The molecule has 3 N–H and O–H groups in total. The van der Waals surface area contributed by atoms with E-state index in [1.54, 1.807) is 38.1 Å². The van der Waals surface area contributed by atoms with Crippen LogP contribution in [0.4, 0.5) is 5.69 Å². The van der Waals surface area contributed by atoms with E-state index in [-0.39, 0.29) is 36.6 Å². The first kappa shape index (κ1) is 22.7. The minimum atomic E-state index is -0.936. The minimum absolute atomic E-state index is 0. The molecule has 1 aliphatic heterocycles. The quantitative estimate of drug-likeness (QED) is 0.839. The van der Waals surface area contributed by atoms with Crippen molar-refractivity contribution in [2.24, 2.45) is 5.73 Å². The van der Waals surface area contributed by atoms with Gasteiger partial charge in [-0.2, -0.15) is 0 Å². The van der Waals surface area contributed by atoms with Crippen molar-refractivity contribution in [1.29, 1.82) is 0 Å². The van der Waals surface area contributed by atoms with Gasteiger partial charge >= 0.3 is 0 Å². The first-order valence-corrected chi connectivity index (χ1v) is 7.45. The zero-order valence-electron chi connectivity index (χ0n) is 14.2. The summed E-state index contributed by atoms with van der Waals surface area (Å²) in [6.45, 7) is 6.57. The molecule has 1 saturated heterocycles. The maximum Gasteiger partial charge on any atom is 0.253 e. The number of nitrogens with one attached hydrogen (secondary N) is 1. The average molecular weight is 377 g/mol. The summed E-state index contributed by atoms with van der Waals surface area (Å²) in [6, 6.07) is 6.93. The first-order chi connectivity index (χ1) is 10.3. The topological polar surface area (TPSA) is 78.7 Å². The van der Waals surface area contributed by atoms with E-state index in [4.69, 9.17) is 5.73 Å². The number of benzene rings is 1. The van der Waals surface area contributed by atoms with Gasteiger partial charge in [0.15, 0.2) is 0 Å². The monoisotopic (exact) mass is 376 g/mol. The predicted octanol–water partition coefficient (Wildman–Crippen LogP) is 1.59. The van der Waals surface area contributed by atoms with E-state index in [0.717, 1.165) is 26.2 Å². The lowest BCUT2D eigenvalue weighted by Gasteiger charge is -2.32.